The number of hydrogen-bond acceptors (Lipinski definition) is 8. The molecular weight excluding hydrogens is 408 g/mol. The highest BCUT2D eigenvalue weighted by Gasteiger charge is 2.29. The molecule has 1 aromatic heterocycles. The van der Waals surface area contributed by atoms with Crippen molar-refractivity contribution >= 4 is 28.7 Å². The van der Waals surface area contributed by atoms with Gasteiger partial charge in [-0.3, -0.25) is 10.1 Å². The number of hydrogen-bond donors (Lipinski definition) is 1. The van der Waals surface area contributed by atoms with Crippen molar-refractivity contribution in [2.45, 2.75) is 13.8 Å². The SMILES string of the molecule is COc1cccc(Nc2ncnc(N3CCN(c4cccc(C)c4C)CC3)c2[N+](=O)[O-])c1. The molecule has 0 amide bonds. The summed E-state index contributed by atoms with van der Waals surface area (Å²) in [6.07, 6.45) is 1.36. The van der Waals surface area contributed by atoms with Gasteiger partial charge in [-0.2, -0.15) is 0 Å². The van der Waals surface area contributed by atoms with E-state index in [2.05, 4.69) is 52.2 Å². The van der Waals surface area contributed by atoms with Crippen molar-refractivity contribution in [2.75, 3.05) is 48.4 Å². The Morgan fingerprint density at radius 3 is 2.47 bits per heavy atom. The van der Waals surface area contributed by atoms with E-state index in [4.69, 9.17) is 4.74 Å². The molecular formula is C23H26N6O3. The van der Waals surface area contributed by atoms with Gasteiger partial charge in [0.25, 0.3) is 0 Å². The first kappa shape index (κ1) is 21.4. The molecule has 0 saturated carbocycles. The second-order valence-electron chi connectivity index (χ2n) is 7.70. The van der Waals surface area contributed by atoms with Gasteiger partial charge < -0.3 is 19.9 Å². The molecule has 1 saturated heterocycles. The van der Waals surface area contributed by atoms with Crippen LogP contribution in [-0.4, -0.2) is 48.2 Å². The maximum atomic E-state index is 12.0. The lowest BCUT2D eigenvalue weighted by atomic mass is 10.1. The van der Waals surface area contributed by atoms with Crippen LogP contribution < -0.4 is 19.9 Å². The molecule has 2 aromatic carbocycles. The molecule has 1 fully saturated rings. The number of anilines is 4. The molecule has 1 aliphatic heterocycles. The van der Waals surface area contributed by atoms with Crippen LogP contribution in [0.5, 0.6) is 5.75 Å². The average Bonchev–Trinajstić information content (AvgIpc) is 2.81. The van der Waals surface area contributed by atoms with Gasteiger partial charge in [-0.15, -0.1) is 0 Å². The van der Waals surface area contributed by atoms with E-state index in [-0.39, 0.29) is 11.5 Å². The van der Waals surface area contributed by atoms with E-state index >= 15 is 0 Å². The van der Waals surface area contributed by atoms with Crippen LogP contribution in [0.2, 0.25) is 0 Å². The number of piperazine rings is 1. The fourth-order valence-electron chi connectivity index (χ4n) is 3.94. The summed E-state index contributed by atoms with van der Waals surface area (Å²) in [5.74, 6) is 1.13. The van der Waals surface area contributed by atoms with E-state index in [1.165, 1.54) is 23.1 Å². The Balaban J connectivity index is 1.57. The molecule has 32 heavy (non-hydrogen) atoms. The van der Waals surface area contributed by atoms with E-state index in [0.29, 0.717) is 30.3 Å². The summed E-state index contributed by atoms with van der Waals surface area (Å²) in [5, 5.41) is 15.0. The van der Waals surface area contributed by atoms with E-state index in [1.807, 2.05) is 11.0 Å². The third-order valence-corrected chi connectivity index (χ3v) is 5.81. The Morgan fingerprint density at radius 1 is 1.03 bits per heavy atom. The van der Waals surface area contributed by atoms with Crippen LogP contribution in [0.25, 0.3) is 0 Å². The van der Waals surface area contributed by atoms with Crippen LogP contribution in [0, 0.1) is 24.0 Å². The standard InChI is InChI=1S/C23H26N6O3/c1-16-6-4-9-20(17(16)2)27-10-12-28(13-11-27)23-21(29(30)31)22(24-15-25-23)26-18-7-5-8-19(14-18)32-3/h4-9,14-15H,10-13H2,1-3H3,(H,24,25,26). The fourth-order valence-corrected chi connectivity index (χ4v) is 3.94. The molecule has 0 spiro atoms. The molecule has 1 aliphatic rings. The summed E-state index contributed by atoms with van der Waals surface area (Å²) < 4.78 is 5.23. The fraction of sp³-hybridized carbons (Fsp3) is 0.304. The topological polar surface area (TPSA) is 96.7 Å². The number of nitro groups is 1. The highest BCUT2D eigenvalue weighted by Crippen LogP contribution is 2.35. The van der Waals surface area contributed by atoms with Crippen molar-refractivity contribution in [3.05, 3.63) is 70.0 Å². The number of nitrogens with zero attached hydrogens (tertiary/aromatic N) is 5. The molecule has 0 atom stereocenters. The summed E-state index contributed by atoms with van der Waals surface area (Å²) in [6.45, 7) is 7.00. The molecule has 0 bridgehead atoms. The van der Waals surface area contributed by atoms with Gasteiger partial charge >= 0.3 is 5.69 Å². The van der Waals surface area contributed by atoms with Crippen molar-refractivity contribution in [1.29, 1.82) is 0 Å². The monoisotopic (exact) mass is 434 g/mol. The quantitative estimate of drug-likeness (QED) is 0.458. The van der Waals surface area contributed by atoms with Crippen LogP contribution in [0.4, 0.5) is 28.7 Å². The van der Waals surface area contributed by atoms with Gasteiger partial charge in [0.15, 0.2) is 0 Å². The second-order valence-corrected chi connectivity index (χ2v) is 7.70. The molecule has 0 unspecified atom stereocenters. The van der Waals surface area contributed by atoms with Crippen molar-refractivity contribution in [3.8, 4) is 5.75 Å². The molecule has 9 heteroatoms. The van der Waals surface area contributed by atoms with Gasteiger partial charge in [-0.25, -0.2) is 9.97 Å². The zero-order chi connectivity index (χ0) is 22.7. The summed E-state index contributed by atoms with van der Waals surface area (Å²) in [7, 11) is 1.57. The Morgan fingerprint density at radius 2 is 1.75 bits per heavy atom. The number of aromatic nitrogens is 2. The number of benzene rings is 2. The van der Waals surface area contributed by atoms with Crippen LogP contribution in [-0.2, 0) is 0 Å². The van der Waals surface area contributed by atoms with E-state index in [0.717, 1.165) is 13.1 Å². The number of ether oxygens (including phenoxy) is 1. The number of aryl methyl sites for hydroxylation is 1. The lowest BCUT2D eigenvalue weighted by Gasteiger charge is -2.37. The molecule has 3 aromatic rings. The Kier molecular flexibility index (Phi) is 6.07. The smallest absolute Gasteiger partial charge is 0.353 e. The minimum absolute atomic E-state index is 0.129. The molecule has 0 aliphatic carbocycles. The Hall–Kier alpha value is -3.88. The van der Waals surface area contributed by atoms with Crippen LogP contribution in [0.3, 0.4) is 0 Å². The van der Waals surface area contributed by atoms with Gasteiger partial charge in [0.05, 0.1) is 12.0 Å². The number of methoxy groups -OCH3 is 1. The van der Waals surface area contributed by atoms with E-state index in [9.17, 15) is 10.1 Å². The predicted molar refractivity (Wildman–Crippen MR) is 125 cm³/mol. The van der Waals surface area contributed by atoms with Crippen LogP contribution in [0.1, 0.15) is 11.1 Å². The molecule has 4 rings (SSSR count). The van der Waals surface area contributed by atoms with Crippen LogP contribution in [0.15, 0.2) is 48.8 Å². The van der Waals surface area contributed by atoms with E-state index in [1.54, 1.807) is 25.3 Å². The lowest BCUT2D eigenvalue weighted by Crippen LogP contribution is -2.47. The summed E-state index contributed by atoms with van der Waals surface area (Å²) >= 11 is 0. The highest BCUT2D eigenvalue weighted by atomic mass is 16.6. The van der Waals surface area contributed by atoms with Crippen molar-refractivity contribution in [1.82, 2.24) is 9.97 Å². The Bertz CT molecular complexity index is 1130. The maximum absolute atomic E-state index is 12.0. The predicted octanol–water partition coefficient (Wildman–Crippen LogP) is 4.08. The Labute approximate surface area is 186 Å². The van der Waals surface area contributed by atoms with Crippen molar-refractivity contribution in [2.24, 2.45) is 0 Å². The van der Waals surface area contributed by atoms with E-state index < -0.39 is 4.92 Å². The highest BCUT2D eigenvalue weighted by molar-refractivity contribution is 5.75. The van der Waals surface area contributed by atoms with Crippen molar-refractivity contribution in [3.63, 3.8) is 0 Å². The largest absolute Gasteiger partial charge is 0.497 e. The van der Waals surface area contributed by atoms with Gasteiger partial charge in [0.1, 0.15) is 12.1 Å². The number of rotatable bonds is 6. The van der Waals surface area contributed by atoms with Crippen molar-refractivity contribution < 1.29 is 9.66 Å². The zero-order valence-corrected chi connectivity index (χ0v) is 18.4. The maximum Gasteiger partial charge on any atom is 0.353 e. The number of nitrogens with one attached hydrogen (secondary N) is 1. The zero-order valence-electron chi connectivity index (χ0n) is 18.4. The molecule has 9 nitrogen and oxygen atoms in total. The third kappa shape index (κ3) is 4.27. The van der Waals surface area contributed by atoms with Crippen LogP contribution >= 0.6 is 0 Å². The first-order valence-corrected chi connectivity index (χ1v) is 10.4. The van der Waals surface area contributed by atoms with Gasteiger partial charge in [0, 0.05) is 43.6 Å². The summed E-state index contributed by atoms with van der Waals surface area (Å²) in [5.41, 5.74) is 4.25. The minimum Gasteiger partial charge on any atom is -0.497 e. The second kappa shape index (κ2) is 9.09. The lowest BCUT2D eigenvalue weighted by molar-refractivity contribution is -0.383. The normalized spacial score (nSPS) is 13.7. The van der Waals surface area contributed by atoms with Gasteiger partial charge in [0.2, 0.25) is 11.6 Å². The molecule has 1 N–H and O–H groups in total. The first-order chi connectivity index (χ1) is 15.5. The molecule has 166 valence electrons. The molecule has 2 heterocycles. The summed E-state index contributed by atoms with van der Waals surface area (Å²) in [4.78, 5) is 24.3. The first-order valence-electron chi connectivity index (χ1n) is 10.4. The minimum atomic E-state index is -0.422. The average molecular weight is 435 g/mol. The third-order valence-electron chi connectivity index (χ3n) is 5.81. The molecule has 0 radical (unpaired) electrons. The summed E-state index contributed by atoms with van der Waals surface area (Å²) in [6, 6.07) is 13.5. The van der Waals surface area contributed by atoms with Gasteiger partial charge in [-0.05, 0) is 43.2 Å². The van der Waals surface area contributed by atoms with Gasteiger partial charge in [-0.1, -0.05) is 18.2 Å².